The summed E-state index contributed by atoms with van der Waals surface area (Å²) >= 11 is 0. The van der Waals surface area contributed by atoms with E-state index in [4.69, 9.17) is 11.5 Å². The van der Waals surface area contributed by atoms with Crippen LogP contribution in [0.2, 0.25) is 0 Å². The summed E-state index contributed by atoms with van der Waals surface area (Å²) in [4.78, 5) is 4.32. The van der Waals surface area contributed by atoms with E-state index in [0.717, 1.165) is 28.0 Å². The Hall–Kier alpha value is -3.09. The first kappa shape index (κ1) is 18.3. The molecule has 4 aromatic rings. The van der Waals surface area contributed by atoms with Crippen LogP contribution in [0.3, 0.4) is 0 Å². The quantitative estimate of drug-likeness (QED) is 0.533. The van der Waals surface area contributed by atoms with Gasteiger partial charge in [-0.25, -0.2) is 8.91 Å². The van der Waals surface area contributed by atoms with Gasteiger partial charge in [-0.05, 0) is 61.4 Å². The summed E-state index contributed by atoms with van der Waals surface area (Å²) in [6.07, 6.45) is 5.01. The van der Waals surface area contributed by atoms with E-state index < -0.39 is 0 Å². The minimum atomic E-state index is -0.278. The van der Waals surface area contributed by atoms with Crippen LogP contribution in [0.1, 0.15) is 36.2 Å². The van der Waals surface area contributed by atoms with Crippen molar-refractivity contribution in [1.82, 2.24) is 14.6 Å². The maximum atomic E-state index is 13.4. The van der Waals surface area contributed by atoms with Crippen molar-refractivity contribution >= 4 is 5.52 Å². The molecule has 3 heterocycles. The molecule has 142 valence electrons. The van der Waals surface area contributed by atoms with Gasteiger partial charge in [-0.3, -0.25) is 4.98 Å². The maximum Gasteiger partial charge on any atom is 0.123 e. The molecule has 0 amide bonds. The molecule has 0 bridgehead atoms. The van der Waals surface area contributed by atoms with Gasteiger partial charge in [0.25, 0.3) is 0 Å². The predicted octanol–water partition coefficient (Wildman–Crippen LogP) is 4.02. The summed E-state index contributed by atoms with van der Waals surface area (Å²) in [7, 11) is 0. The zero-order valence-corrected chi connectivity index (χ0v) is 15.4. The highest BCUT2D eigenvalue weighted by Crippen LogP contribution is 2.33. The van der Waals surface area contributed by atoms with Crippen molar-refractivity contribution in [2.45, 2.75) is 24.9 Å². The number of hydrogen-bond donors (Lipinski definition) is 2. The Morgan fingerprint density at radius 1 is 0.893 bits per heavy atom. The van der Waals surface area contributed by atoms with E-state index >= 15 is 0 Å². The van der Waals surface area contributed by atoms with E-state index in [2.05, 4.69) is 10.1 Å². The predicted molar refractivity (Wildman–Crippen MR) is 108 cm³/mol. The molecule has 0 saturated carbocycles. The summed E-state index contributed by atoms with van der Waals surface area (Å²) in [5.74, 6) is -0.278. The van der Waals surface area contributed by atoms with Crippen LogP contribution in [-0.2, 0) is 0 Å². The Morgan fingerprint density at radius 3 is 2.39 bits per heavy atom. The van der Waals surface area contributed by atoms with E-state index in [1.807, 2.05) is 47.1 Å². The third kappa shape index (κ3) is 3.65. The fraction of sp³-hybridized carbons (Fsp3) is 0.182. The number of benzene rings is 1. The fourth-order valence-electron chi connectivity index (χ4n) is 3.45. The highest BCUT2D eigenvalue weighted by atomic mass is 19.1. The first-order valence-electron chi connectivity index (χ1n) is 9.29. The Labute approximate surface area is 162 Å². The molecule has 5 nitrogen and oxygen atoms in total. The SMILES string of the molecule is NC(CCC(N)c1c(-c2ccc(F)cc2)nn2ccccc12)c1ccccn1. The average molecular weight is 375 g/mol. The van der Waals surface area contributed by atoms with Gasteiger partial charge in [-0.15, -0.1) is 0 Å². The van der Waals surface area contributed by atoms with Crippen LogP contribution in [0, 0.1) is 5.82 Å². The Balaban J connectivity index is 1.64. The first-order valence-corrected chi connectivity index (χ1v) is 9.29. The summed E-state index contributed by atoms with van der Waals surface area (Å²) in [6.45, 7) is 0. The Morgan fingerprint density at radius 2 is 1.64 bits per heavy atom. The molecule has 2 atom stereocenters. The molecular weight excluding hydrogens is 353 g/mol. The Kier molecular flexibility index (Phi) is 5.14. The molecule has 0 saturated heterocycles. The lowest BCUT2D eigenvalue weighted by atomic mass is 9.95. The smallest absolute Gasteiger partial charge is 0.123 e. The highest BCUT2D eigenvalue weighted by molar-refractivity contribution is 5.73. The van der Waals surface area contributed by atoms with Crippen LogP contribution in [0.5, 0.6) is 0 Å². The van der Waals surface area contributed by atoms with Crippen LogP contribution >= 0.6 is 0 Å². The minimum Gasteiger partial charge on any atom is -0.324 e. The monoisotopic (exact) mass is 375 g/mol. The van der Waals surface area contributed by atoms with Gasteiger partial charge in [0.2, 0.25) is 0 Å². The molecule has 4 rings (SSSR count). The number of rotatable bonds is 6. The van der Waals surface area contributed by atoms with Crippen LogP contribution in [0.4, 0.5) is 4.39 Å². The van der Waals surface area contributed by atoms with Crippen molar-refractivity contribution in [3.8, 4) is 11.3 Å². The van der Waals surface area contributed by atoms with Crippen molar-refractivity contribution in [3.63, 3.8) is 0 Å². The van der Waals surface area contributed by atoms with Gasteiger partial charge in [-0.2, -0.15) is 5.10 Å². The number of nitrogens with two attached hydrogens (primary N) is 2. The molecule has 0 radical (unpaired) electrons. The normalized spacial score (nSPS) is 13.5. The van der Waals surface area contributed by atoms with E-state index in [1.165, 1.54) is 12.1 Å². The second-order valence-electron chi connectivity index (χ2n) is 6.84. The Bertz CT molecular complexity index is 1060. The standard InChI is InChI=1S/C22H22FN5/c23-16-9-7-15(8-10-16)22-21(20-6-2-4-14-28(20)27-22)18(25)12-11-17(24)19-5-1-3-13-26-19/h1-10,13-14,17-18H,11-12,24-25H2. The molecule has 0 aliphatic heterocycles. The van der Waals surface area contributed by atoms with E-state index in [9.17, 15) is 4.39 Å². The van der Waals surface area contributed by atoms with E-state index in [-0.39, 0.29) is 17.9 Å². The van der Waals surface area contributed by atoms with Gasteiger partial charge in [0.05, 0.1) is 16.9 Å². The number of fused-ring (bicyclic) bond motifs is 1. The minimum absolute atomic E-state index is 0.177. The van der Waals surface area contributed by atoms with Gasteiger partial charge in [0.15, 0.2) is 0 Å². The topological polar surface area (TPSA) is 82.2 Å². The van der Waals surface area contributed by atoms with Crippen molar-refractivity contribution < 1.29 is 4.39 Å². The van der Waals surface area contributed by atoms with Gasteiger partial charge in [-0.1, -0.05) is 12.1 Å². The second kappa shape index (κ2) is 7.88. The lowest BCUT2D eigenvalue weighted by molar-refractivity contribution is 0.540. The van der Waals surface area contributed by atoms with E-state index in [0.29, 0.717) is 12.8 Å². The first-order chi connectivity index (χ1) is 13.6. The number of aromatic nitrogens is 3. The van der Waals surface area contributed by atoms with Gasteiger partial charge in [0, 0.05) is 35.6 Å². The third-order valence-corrected chi connectivity index (χ3v) is 4.92. The molecule has 3 aromatic heterocycles. The van der Waals surface area contributed by atoms with Crippen molar-refractivity contribution in [1.29, 1.82) is 0 Å². The van der Waals surface area contributed by atoms with Gasteiger partial charge in [0.1, 0.15) is 5.82 Å². The summed E-state index contributed by atoms with van der Waals surface area (Å²) in [6, 6.07) is 17.5. The second-order valence-corrected chi connectivity index (χ2v) is 6.84. The van der Waals surface area contributed by atoms with Crippen LogP contribution in [0.15, 0.2) is 73.1 Å². The summed E-state index contributed by atoms with van der Waals surface area (Å²) < 4.78 is 15.2. The molecular formula is C22H22FN5. The molecule has 28 heavy (non-hydrogen) atoms. The van der Waals surface area contributed by atoms with E-state index in [1.54, 1.807) is 18.3 Å². The van der Waals surface area contributed by atoms with Gasteiger partial charge < -0.3 is 11.5 Å². The van der Waals surface area contributed by atoms with Crippen molar-refractivity contribution in [2.75, 3.05) is 0 Å². The van der Waals surface area contributed by atoms with Crippen LogP contribution in [-0.4, -0.2) is 14.6 Å². The number of nitrogens with zero attached hydrogens (tertiary/aromatic N) is 3. The molecule has 1 aromatic carbocycles. The average Bonchev–Trinajstić information content (AvgIpc) is 3.12. The highest BCUT2D eigenvalue weighted by Gasteiger charge is 2.21. The zero-order chi connectivity index (χ0) is 19.5. The molecule has 0 spiro atoms. The molecule has 0 fully saturated rings. The van der Waals surface area contributed by atoms with Crippen LogP contribution in [0.25, 0.3) is 16.8 Å². The molecule has 0 aliphatic rings. The van der Waals surface area contributed by atoms with Crippen molar-refractivity contribution in [2.24, 2.45) is 11.5 Å². The number of halogens is 1. The molecule has 2 unspecified atom stereocenters. The van der Waals surface area contributed by atoms with Crippen molar-refractivity contribution in [3.05, 3.63) is 90.1 Å². The molecule has 6 heteroatoms. The molecule has 0 aliphatic carbocycles. The largest absolute Gasteiger partial charge is 0.324 e. The zero-order valence-electron chi connectivity index (χ0n) is 15.4. The maximum absolute atomic E-state index is 13.4. The summed E-state index contributed by atoms with van der Waals surface area (Å²) in [5, 5.41) is 4.69. The molecule has 4 N–H and O–H groups in total. The number of pyridine rings is 2. The number of hydrogen-bond acceptors (Lipinski definition) is 4. The third-order valence-electron chi connectivity index (χ3n) is 4.92. The fourth-order valence-corrected chi connectivity index (χ4v) is 3.45. The van der Waals surface area contributed by atoms with Crippen LogP contribution < -0.4 is 11.5 Å². The summed E-state index contributed by atoms with van der Waals surface area (Å²) in [5.41, 5.74) is 17.2. The lowest BCUT2D eigenvalue weighted by Gasteiger charge is -2.16. The lowest BCUT2D eigenvalue weighted by Crippen LogP contribution is -2.17. The van der Waals surface area contributed by atoms with Gasteiger partial charge >= 0.3 is 0 Å².